The molecule has 5 heteroatoms. The number of nitrogens with one attached hydrogen (secondary N) is 1. The highest BCUT2D eigenvalue weighted by atomic mass is 16.5. The quantitative estimate of drug-likeness (QED) is 0.900. The van der Waals surface area contributed by atoms with Crippen LogP contribution < -0.4 is 10.1 Å². The number of hydrogen-bond acceptors (Lipinski definition) is 3. The highest BCUT2D eigenvalue weighted by Crippen LogP contribution is 2.27. The topological polar surface area (TPSA) is 61.8 Å². The molecule has 2 N–H and O–H groups in total. The van der Waals surface area contributed by atoms with Gasteiger partial charge in [-0.05, 0) is 56.4 Å². The van der Waals surface area contributed by atoms with Gasteiger partial charge in [0.05, 0.1) is 19.8 Å². The number of amides is 2. The zero-order valence-corrected chi connectivity index (χ0v) is 13.0. The van der Waals surface area contributed by atoms with Crippen LogP contribution in [-0.2, 0) is 0 Å². The van der Waals surface area contributed by atoms with Crippen molar-refractivity contribution in [1.82, 2.24) is 4.90 Å². The number of aryl methyl sites for hydroxylation is 2. The number of nitrogens with zero attached hydrogens (tertiary/aromatic N) is 1. The lowest BCUT2D eigenvalue weighted by atomic mass is 10.0. The number of carbonyl (C=O) groups is 1. The molecule has 1 aliphatic rings. The number of likely N-dealkylation sites (tertiary alicyclic amines) is 1. The van der Waals surface area contributed by atoms with Crippen molar-refractivity contribution in [3.05, 3.63) is 23.3 Å². The van der Waals surface area contributed by atoms with Crippen molar-refractivity contribution in [2.24, 2.45) is 0 Å². The fraction of sp³-hybridized carbons (Fsp3) is 0.562. The maximum absolute atomic E-state index is 12.4. The van der Waals surface area contributed by atoms with E-state index >= 15 is 0 Å². The first-order chi connectivity index (χ1) is 10.1. The van der Waals surface area contributed by atoms with E-state index in [9.17, 15) is 9.90 Å². The van der Waals surface area contributed by atoms with Crippen molar-refractivity contribution in [2.75, 3.05) is 25.6 Å². The normalized spacial score (nSPS) is 18.5. The molecule has 2 amide bonds. The number of hydrogen-bond donors (Lipinski definition) is 2. The monoisotopic (exact) mass is 292 g/mol. The van der Waals surface area contributed by atoms with Crippen LogP contribution in [0.3, 0.4) is 0 Å². The molecule has 0 saturated carbocycles. The summed E-state index contributed by atoms with van der Waals surface area (Å²) in [5.74, 6) is 0.846. The van der Waals surface area contributed by atoms with Gasteiger partial charge in [0.2, 0.25) is 0 Å². The Hall–Kier alpha value is -1.75. The fourth-order valence-corrected chi connectivity index (χ4v) is 3.00. The molecule has 0 aromatic heterocycles. The Balaban J connectivity index is 2.12. The third kappa shape index (κ3) is 3.47. The smallest absolute Gasteiger partial charge is 0.322 e. The summed E-state index contributed by atoms with van der Waals surface area (Å²) in [5, 5.41) is 12.3. The predicted octanol–water partition coefficient (Wildman–Crippen LogP) is 2.69. The molecular weight excluding hydrogens is 268 g/mol. The van der Waals surface area contributed by atoms with Gasteiger partial charge in [0, 0.05) is 12.2 Å². The Kier molecular flexibility index (Phi) is 5.07. The van der Waals surface area contributed by atoms with Crippen molar-refractivity contribution in [3.8, 4) is 5.75 Å². The number of anilines is 1. The molecule has 1 saturated heterocycles. The minimum absolute atomic E-state index is 0.0219. The highest BCUT2D eigenvalue weighted by molar-refractivity contribution is 5.90. The summed E-state index contributed by atoms with van der Waals surface area (Å²) >= 11 is 0. The fourth-order valence-electron chi connectivity index (χ4n) is 3.00. The van der Waals surface area contributed by atoms with E-state index in [0.717, 1.165) is 41.8 Å². The molecule has 5 nitrogen and oxygen atoms in total. The van der Waals surface area contributed by atoms with Gasteiger partial charge in [0.15, 0.2) is 0 Å². The van der Waals surface area contributed by atoms with Crippen LogP contribution in [0.4, 0.5) is 10.5 Å². The van der Waals surface area contributed by atoms with Crippen LogP contribution in [-0.4, -0.2) is 42.3 Å². The Morgan fingerprint density at radius 2 is 2.05 bits per heavy atom. The Morgan fingerprint density at radius 3 is 2.62 bits per heavy atom. The van der Waals surface area contributed by atoms with E-state index in [-0.39, 0.29) is 18.7 Å². The first kappa shape index (κ1) is 15.6. The average Bonchev–Trinajstić information content (AvgIpc) is 2.46. The third-order valence-electron chi connectivity index (χ3n) is 4.01. The summed E-state index contributed by atoms with van der Waals surface area (Å²) in [6, 6.07) is 3.60. The highest BCUT2D eigenvalue weighted by Gasteiger charge is 2.26. The lowest BCUT2D eigenvalue weighted by Crippen LogP contribution is -2.47. The Labute approximate surface area is 125 Å². The second-order valence-electron chi connectivity index (χ2n) is 5.60. The first-order valence-electron chi connectivity index (χ1n) is 7.40. The molecule has 21 heavy (non-hydrogen) atoms. The van der Waals surface area contributed by atoms with Crippen molar-refractivity contribution in [3.63, 3.8) is 0 Å². The van der Waals surface area contributed by atoms with Crippen LogP contribution in [0, 0.1) is 13.8 Å². The Morgan fingerprint density at radius 1 is 1.38 bits per heavy atom. The first-order valence-corrected chi connectivity index (χ1v) is 7.40. The summed E-state index contributed by atoms with van der Waals surface area (Å²) in [6.45, 7) is 4.64. The van der Waals surface area contributed by atoms with Gasteiger partial charge in [-0.15, -0.1) is 0 Å². The molecule has 2 rings (SSSR count). The van der Waals surface area contributed by atoms with Gasteiger partial charge in [0.1, 0.15) is 5.75 Å². The second kappa shape index (κ2) is 6.80. The molecule has 1 fully saturated rings. The molecule has 1 unspecified atom stereocenters. The predicted molar refractivity (Wildman–Crippen MR) is 82.9 cm³/mol. The molecule has 1 atom stereocenters. The molecule has 1 aromatic rings. The number of aliphatic hydroxyl groups is 1. The SMILES string of the molecule is COc1c(C)cc(NC(=O)N2CCCCC2CO)cc1C. The average molecular weight is 292 g/mol. The van der Waals surface area contributed by atoms with Crippen molar-refractivity contribution in [1.29, 1.82) is 0 Å². The molecule has 0 bridgehead atoms. The van der Waals surface area contributed by atoms with Crippen molar-refractivity contribution < 1.29 is 14.6 Å². The van der Waals surface area contributed by atoms with Crippen LogP contribution in [0.25, 0.3) is 0 Å². The van der Waals surface area contributed by atoms with E-state index in [1.165, 1.54) is 0 Å². The molecule has 0 radical (unpaired) electrons. The maximum Gasteiger partial charge on any atom is 0.322 e. The molecule has 1 aliphatic heterocycles. The largest absolute Gasteiger partial charge is 0.496 e. The third-order valence-corrected chi connectivity index (χ3v) is 4.01. The number of carbonyl (C=O) groups excluding carboxylic acids is 1. The molecule has 1 heterocycles. The standard InChI is InChI=1S/C16H24N2O3/c1-11-8-13(9-12(2)15(11)21-3)17-16(20)18-7-5-4-6-14(18)10-19/h8-9,14,19H,4-7,10H2,1-3H3,(H,17,20). The lowest BCUT2D eigenvalue weighted by molar-refractivity contribution is 0.115. The van der Waals surface area contributed by atoms with E-state index in [0.29, 0.717) is 6.54 Å². The summed E-state index contributed by atoms with van der Waals surface area (Å²) in [6.07, 6.45) is 2.92. The maximum atomic E-state index is 12.4. The van der Waals surface area contributed by atoms with Gasteiger partial charge in [0.25, 0.3) is 0 Å². The van der Waals surface area contributed by atoms with Gasteiger partial charge in [-0.2, -0.15) is 0 Å². The van der Waals surface area contributed by atoms with Gasteiger partial charge >= 0.3 is 6.03 Å². The molecule has 116 valence electrons. The Bertz CT molecular complexity index is 493. The van der Waals surface area contributed by atoms with E-state index in [4.69, 9.17) is 4.74 Å². The number of aliphatic hydroxyl groups excluding tert-OH is 1. The lowest BCUT2D eigenvalue weighted by Gasteiger charge is -2.34. The van der Waals surface area contributed by atoms with Crippen molar-refractivity contribution >= 4 is 11.7 Å². The number of ether oxygens (including phenoxy) is 1. The van der Waals surface area contributed by atoms with E-state index in [2.05, 4.69) is 5.32 Å². The number of methoxy groups -OCH3 is 1. The van der Waals surface area contributed by atoms with E-state index in [1.807, 2.05) is 26.0 Å². The molecular formula is C16H24N2O3. The van der Waals surface area contributed by atoms with E-state index < -0.39 is 0 Å². The van der Waals surface area contributed by atoms with Crippen LogP contribution in [0.1, 0.15) is 30.4 Å². The number of rotatable bonds is 3. The number of urea groups is 1. The van der Waals surface area contributed by atoms with Crippen molar-refractivity contribution in [2.45, 2.75) is 39.2 Å². The van der Waals surface area contributed by atoms with Gasteiger partial charge in [-0.25, -0.2) is 4.79 Å². The zero-order chi connectivity index (χ0) is 15.4. The summed E-state index contributed by atoms with van der Waals surface area (Å²) in [5.41, 5.74) is 2.74. The zero-order valence-electron chi connectivity index (χ0n) is 13.0. The van der Waals surface area contributed by atoms with Crippen LogP contribution in [0.2, 0.25) is 0 Å². The minimum atomic E-state index is -0.141. The van der Waals surface area contributed by atoms with Crippen LogP contribution in [0.5, 0.6) is 5.75 Å². The van der Waals surface area contributed by atoms with Gasteiger partial charge in [-0.3, -0.25) is 0 Å². The number of piperidine rings is 1. The van der Waals surface area contributed by atoms with E-state index in [1.54, 1.807) is 12.0 Å². The molecule has 0 spiro atoms. The summed E-state index contributed by atoms with van der Waals surface area (Å²) < 4.78 is 5.33. The number of benzene rings is 1. The van der Waals surface area contributed by atoms with Gasteiger partial charge in [-0.1, -0.05) is 0 Å². The van der Waals surface area contributed by atoms with Gasteiger partial charge < -0.3 is 20.1 Å². The summed E-state index contributed by atoms with van der Waals surface area (Å²) in [7, 11) is 1.65. The molecule has 0 aliphatic carbocycles. The minimum Gasteiger partial charge on any atom is -0.496 e. The van der Waals surface area contributed by atoms with Crippen LogP contribution in [0.15, 0.2) is 12.1 Å². The molecule has 1 aromatic carbocycles. The summed E-state index contributed by atoms with van der Waals surface area (Å²) in [4.78, 5) is 14.1. The second-order valence-corrected chi connectivity index (χ2v) is 5.60. The van der Waals surface area contributed by atoms with Crippen LogP contribution >= 0.6 is 0 Å².